The summed E-state index contributed by atoms with van der Waals surface area (Å²) in [6.45, 7) is 5.37. The zero-order valence-electron chi connectivity index (χ0n) is 17.4. The number of nitrogens with zero attached hydrogens (tertiary/aromatic N) is 1. The summed E-state index contributed by atoms with van der Waals surface area (Å²) in [5.41, 5.74) is 0.830. The number of amides is 2. The molecule has 0 spiro atoms. The third-order valence-corrected chi connectivity index (χ3v) is 4.86. The van der Waals surface area contributed by atoms with E-state index in [1.807, 2.05) is 38.1 Å². The van der Waals surface area contributed by atoms with E-state index >= 15 is 0 Å². The summed E-state index contributed by atoms with van der Waals surface area (Å²) >= 11 is 12.0. The van der Waals surface area contributed by atoms with E-state index in [1.54, 1.807) is 26.2 Å². The number of methoxy groups -OCH3 is 1. The molecule has 0 aliphatic rings. The van der Waals surface area contributed by atoms with Crippen molar-refractivity contribution in [1.29, 1.82) is 0 Å². The Morgan fingerprint density at radius 2 is 1.83 bits per heavy atom. The molecule has 2 aromatic carbocycles. The highest BCUT2D eigenvalue weighted by atomic mass is 35.5. The molecule has 30 heavy (non-hydrogen) atoms. The molecule has 162 valence electrons. The fourth-order valence-corrected chi connectivity index (χ4v) is 3.23. The number of carbonyl (C=O) groups is 2. The zero-order valence-corrected chi connectivity index (χ0v) is 19.0. The second-order valence-corrected chi connectivity index (χ2v) is 7.92. The van der Waals surface area contributed by atoms with Crippen LogP contribution in [-0.4, -0.2) is 42.5 Å². The number of hydrogen-bond acceptors (Lipinski definition) is 4. The minimum Gasteiger partial charge on any atom is -0.497 e. The van der Waals surface area contributed by atoms with Gasteiger partial charge < -0.3 is 19.7 Å². The number of ether oxygens (including phenoxy) is 2. The van der Waals surface area contributed by atoms with E-state index in [4.69, 9.17) is 32.7 Å². The maximum absolute atomic E-state index is 13.0. The van der Waals surface area contributed by atoms with Crippen molar-refractivity contribution >= 4 is 35.0 Å². The van der Waals surface area contributed by atoms with Gasteiger partial charge in [-0.2, -0.15) is 0 Å². The summed E-state index contributed by atoms with van der Waals surface area (Å²) in [5, 5.41) is 3.62. The summed E-state index contributed by atoms with van der Waals surface area (Å²) in [6, 6.07) is 11.4. The number of hydrogen-bond donors (Lipinski definition) is 1. The maximum atomic E-state index is 13.0. The molecule has 8 heteroatoms. The molecule has 6 nitrogen and oxygen atoms in total. The molecule has 0 bridgehead atoms. The van der Waals surface area contributed by atoms with Gasteiger partial charge in [-0.15, -0.1) is 0 Å². The Hall–Kier alpha value is -2.44. The minimum absolute atomic E-state index is 0.0437. The van der Waals surface area contributed by atoms with Crippen LogP contribution in [-0.2, 0) is 16.1 Å². The molecule has 2 amide bonds. The number of rotatable bonds is 9. The van der Waals surface area contributed by atoms with Gasteiger partial charge in [0.15, 0.2) is 6.61 Å². The van der Waals surface area contributed by atoms with Gasteiger partial charge in [0.1, 0.15) is 17.5 Å². The highest BCUT2D eigenvalue weighted by Gasteiger charge is 2.27. The standard InChI is InChI=1S/C22H26Cl2N2O4/c1-14(2)25-22(28)15(3)26(12-16-6-5-7-18(10-16)29-4)21(27)13-30-20-9-8-17(23)11-19(20)24/h5-11,14-15H,12-13H2,1-4H3,(H,25,28)/t15-/m1/s1. The van der Waals surface area contributed by atoms with Crippen LogP contribution >= 0.6 is 23.2 Å². The van der Waals surface area contributed by atoms with Crippen molar-refractivity contribution in [3.8, 4) is 11.5 Å². The normalized spacial score (nSPS) is 11.7. The van der Waals surface area contributed by atoms with E-state index in [0.717, 1.165) is 5.56 Å². The second-order valence-electron chi connectivity index (χ2n) is 7.08. The first-order chi connectivity index (χ1) is 14.2. The van der Waals surface area contributed by atoms with Crippen molar-refractivity contribution in [3.05, 3.63) is 58.1 Å². The van der Waals surface area contributed by atoms with Gasteiger partial charge in [-0.3, -0.25) is 9.59 Å². The lowest BCUT2D eigenvalue weighted by atomic mass is 10.1. The summed E-state index contributed by atoms with van der Waals surface area (Å²) in [7, 11) is 1.57. The third kappa shape index (κ3) is 6.82. The first-order valence-electron chi connectivity index (χ1n) is 9.52. The van der Waals surface area contributed by atoms with Crippen LogP contribution in [0.3, 0.4) is 0 Å². The molecule has 2 rings (SSSR count). The van der Waals surface area contributed by atoms with Crippen molar-refractivity contribution in [3.63, 3.8) is 0 Å². The molecular weight excluding hydrogens is 427 g/mol. The van der Waals surface area contributed by atoms with Gasteiger partial charge in [-0.1, -0.05) is 35.3 Å². The van der Waals surface area contributed by atoms with Gasteiger partial charge in [0, 0.05) is 17.6 Å². The van der Waals surface area contributed by atoms with Crippen molar-refractivity contribution in [2.75, 3.05) is 13.7 Å². The predicted octanol–water partition coefficient (Wildman–Crippen LogP) is 4.32. The highest BCUT2D eigenvalue weighted by molar-refractivity contribution is 6.35. The van der Waals surface area contributed by atoms with E-state index in [0.29, 0.717) is 21.5 Å². The van der Waals surface area contributed by atoms with Gasteiger partial charge in [0.2, 0.25) is 5.91 Å². The van der Waals surface area contributed by atoms with Crippen LogP contribution in [0.15, 0.2) is 42.5 Å². The van der Waals surface area contributed by atoms with E-state index in [2.05, 4.69) is 5.32 Å². The van der Waals surface area contributed by atoms with Crippen LogP contribution in [0.1, 0.15) is 26.3 Å². The molecule has 0 saturated carbocycles. The lowest BCUT2D eigenvalue weighted by Gasteiger charge is -2.29. The number of carbonyl (C=O) groups excluding carboxylic acids is 2. The fourth-order valence-electron chi connectivity index (χ4n) is 2.77. The summed E-state index contributed by atoms with van der Waals surface area (Å²) in [6.07, 6.45) is 0. The second kappa shape index (κ2) is 11.1. The first kappa shape index (κ1) is 23.8. The molecule has 0 aliphatic heterocycles. The third-order valence-electron chi connectivity index (χ3n) is 4.33. The lowest BCUT2D eigenvalue weighted by Crippen LogP contribution is -2.50. The average molecular weight is 453 g/mol. The van der Waals surface area contributed by atoms with E-state index in [-0.39, 0.29) is 31.0 Å². The summed E-state index contributed by atoms with van der Waals surface area (Å²) in [5.74, 6) is 0.416. The van der Waals surface area contributed by atoms with Gasteiger partial charge in [0.25, 0.3) is 5.91 Å². The predicted molar refractivity (Wildman–Crippen MR) is 118 cm³/mol. The van der Waals surface area contributed by atoms with Crippen molar-refractivity contribution in [1.82, 2.24) is 10.2 Å². The smallest absolute Gasteiger partial charge is 0.261 e. The Balaban J connectivity index is 2.19. The van der Waals surface area contributed by atoms with Crippen LogP contribution in [0.5, 0.6) is 11.5 Å². The summed E-state index contributed by atoms with van der Waals surface area (Å²) < 4.78 is 10.8. The zero-order chi connectivity index (χ0) is 22.3. The Kier molecular flexibility index (Phi) is 8.81. The minimum atomic E-state index is -0.699. The largest absolute Gasteiger partial charge is 0.497 e. The van der Waals surface area contributed by atoms with Crippen LogP contribution in [0.4, 0.5) is 0 Å². The van der Waals surface area contributed by atoms with Gasteiger partial charge in [0.05, 0.1) is 12.1 Å². The fraction of sp³-hybridized carbons (Fsp3) is 0.364. The molecule has 1 atom stereocenters. The van der Waals surface area contributed by atoms with Crippen LogP contribution in [0, 0.1) is 0 Å². The monoisotopic (exact) mass is 452 g/mol. The molecule has 0 saturated heterocycles. The molecule has 0 radical (unpaired) electrons. The molecular formula is C22H26Cl2N2O4. The molecule has 0 fully saturated rings. The van der Waals surface area contributed by atoms with E-state index < -0.39 is 6.04 Å². The molecule has 0 aliphatic carbocycles. The lowest BCUT2D eigenvalue weighted by molar-refractivity contribution is -0.142. The molecule has 0 unspecified atom stereocenters. The molecule has 2 aromatic rings. The Labute approximate surface area is 187 Å². The van der Waals surface area contributed by atoms with Crippen molar-refractivity contribution in [2.45, 2.75) is 39.4 Å². The average Bonchev–Trinajstić information content (AvgIpc) is 2.70. The topological polar surface area (TPSA) is 67.9 Å². The first-order valence-corrected chi connectivity index (χ1v) is 10.3. The van der Waals surface area contributed by atoms with Crippen LogP contribution in [0.25, 0.3) is 0 Å². The van der Waals surface area contributed by atoms with Gasteiger partial charge in [-0.25, -0.2) is 0 Å². The number of nitrogens with one attached hydrogen (secondary N) is 1. The Bertz CT molecular complexity index is 889. The molecule has 0 aromatic heterocycles. The quantitative estimate of drug-likeness (QED) is 0.614. The van der Waals surface area contributed by atoms with Crippen LogP contribution < -0.4 is 14.8 Å². The molecule has 1 N–H and O–H groups in total. The van der Waals surface area contributed by atoms with Gasteiger partial charge >= 0.3 is 0 Å². The Morgan fingerprint density at radius 1 is 1.10 bits per heavy atom. The maximum Gasteiger partial charge on any atom is 0.261 e. The van der Waals surface area contributed by atoms with Crippen LogP contribution in [0.2, 0.25) is 10.0 Å². The SMILES string of the molecule is COc1cccc(CN(C(=O)COc2ccc(Cl)cc2Cl)[C@H](C)C(=O)NC(C)C)c1. The van der Waals surface area contributed by atoms with Gasteiger partial charge in [-0.05, 0) is 56.7 Å². The molecule has 0 heterocycles. The number of halogens is 2. The van der Waals surface area contributed by atoms with E-state index in [9.17, 15) is 9.59 Å². The summed E-state index contributed by atoms with van der Waals surface area (Å²) in [4.78, 5) is 27.0. The van der Waals surface area contributed by atoms with E-state index in [1.165, 1.54) is 11.0 Å². The van der Waals surface area contributed by atoms with Crippen molar-refractivity contribution < 1.29 is 19.1 Å². The highest BCUT2D eigenvalue weighted by Crippen LogP contribution is 2.27. The number of benzene rings is 2. The Morgan fingerprint density at radius 3 is 2.47 bits per heavy atom. The van der Waals surface area contributed by atoms with Crippen molar-refractivity contribution in [2.24, 2.45) is 0 Å².